The Balaban J connectivity index is 1.56. The van der Waals surface area contributed by atoms with E-state index in [1.165, 1.54) is 17.0 Å². The maximum absolute atomic E-state index is 13.7. The average molecular weight is 412 g/mol. The molecule has 0 N–H and O–H groups in total. The van der Waals surface area contributed by atoms with E-state index in [1.807, 2.05) is 55.6 Å². The van der Waals surface area contributed by atoms with E-state index in [-0.39, 0.29) is 18.4 Å². The largest absolute Gasteiger partial charge is 0.353 e. The number of hydrogen-bond acceptors (Lipinski definition) is 3. The minimum absolute atomic E-state index is 0.0117. The number of rotatable bonds is 6. The first-order chi connectivity index (χ1) is 14.1. The normalized spacial score (nSPS) is 22.1. The van der Waals surface area contributed by atoms with E-state index in [0.29, 0.717) is 12.0 Å². The second kappa shape index (κ2) is 9.08. The summed E-state index contributed by atoms with van der Waals surface area (Å²) >= 11 is 1.74. The van der Waals surface area contributed by atoms with E-state index in [2.05, 4.69) is 17.0 Å². The molecular weight excluding hydrogens is 388 g/mol. The second-order valence-electron chi connectivity index (χ2n) is 7.28. The highest BCUT2D eigenvalue weighted by Gasteiger charge is 2.40. The van der Waals surface area contributed by atoms with Crippen LogP contribution in [0.5, 0.6) is 0 Å². The highest BCUT2D eigenvalue weighted by molar-refractivity contribution is 7.99. The van der Waals surface area contributed by atoms with E-state index in [0.717, 1.165) is 17.4 Å². The van der Waals surface area contributed by atoms with Gasteiger partial charge in [0.15, 0.2) is 0 Å². The van der Waals surface area contributed by atoms with E-state index >= 15 is 0 Å². The minimum atomic E-state index is -0.545. The molecule has 3 aromatic rings. The molecule has 2 nitrogen and oxygen atoms in total. The molecule has 5 heteroatoms. The van der Waals surface area contributed by atoms with E-state index in [9.17, 15) is 8.78 Å². The third kappa shape index (κ3) is 4.86. The van der Waals surface area contributed by atoms with Crippen LogP contribution in [0, 0.1) is 11.6 Å². The van der Waals surface area contributed by atoms with Crippen LogP contribution < -0.4 is 0 Å². The molecule has 1 heterocycles. The molecule has 1 saturated heterocycles. The average Bonchev–Trinajstić information content (AvgIpc) is 3.03. The summed E-state index contributed by atoms with van der Waals surface area (Å²) < 4.78 is 33.9. The van der Waals surface area contributed by atoms with Crippen molar-refractivity contribution in [2.45, 2.75) is 29.7 Å². The van der Waals surface area contributed by atoms with Gasteiger partial charge in [-0.1, -0.05) is 48.5 Å². The summed E-state index contributed by atoms with van der Waals surface area (Å²) in [6.45, 7) is 0. The lowest BCUT2D eigenvalue weighted by Crippen LogP contribution is -2.36. The van der Waals surface area contributed by atoms with E-state index in [1.54, 1.807) is 11.8 Å². The Kier molecular flexibility index (Phi) is 6.28. The minimum Gasteiger partial charge on any atom is -0.353 e. The second-order valence-corrected chi connectivity index (χ2v) is 8.37. The number of benzene rings is 3. The Hall–Kier alpha value is -2.21. The van der Waals surface area contributed by atoms with Crippen molar-refractivity contribution in [1.82, 2.24) is 4.90 Å². The summed E-state index contributed by atoms with van der Waals surface area (Å²) in [7, 11) is 2.02. The van der Waals surface area contributed by atoms with E-state index in [4.69, 9.17) is 4.74 Å². The first-order valence-corrected chi connectivity index (χ1v) is 10.6. The summed E-state index contributed by atoms with van der Waals surface area (Å²) in [6.07, 6.45) is 0.275. The molecule has 0 aliphatic carbocycles. The van der Waals surface area contributed by atoms with Gasteiger partial charge in [0.05, 0.1) is 6.10 Å². The van der Waals surface area contributed by atoms with Crippen molar-refractivity contribution >= 4 is 11.8 Å². The van der Waals surface area contributed by atoms with Gasteiger partial charge in [-0.15, -0.1) is 11.8 Å². The predicted molar refractivity (Wildman–Crippen MR) is 113 cm³/mol. The molecule has 29 heavy (non-hydrogen) atoms. The Morgan fingerprint density at radius 1 is 0.897 bits per heavy atom. The van der Waals surface area contributed by atoms with Crippen LogP contribution in [0.4, 0.5) is 8.78 Å². The van der Waals surface area contributed by atoms with Crippen molar-refractivity contribution in [2.24, 2.45) is 0 Å². The van der Waals surface area contributed by atoms with Gasteiger partial charge in [0.25, 0.3) is 0 Å². The first kappa shape index (κ1) is 20.1. The zero-order chi connectivity index (χ0) is 20.2. The van der Waals surface area contributed by atoms with Crippen LogP contribution >= 0.6 is 11.8 Å². The van der Waals surface area contributed by atoms with Crippen LogP contribution in [0.25, 0.3) is 0 Å². The van der Waals surface area contributed by atoms with Gasteiger partial charge < -0.3 is 4.74 Å². The highest BCUT2D eigenvalue weighted by atomic mass is 32.2. The SMILES string of the molecule is CN1C(c2ccccc2)OC(CSc2ccccc2)C1Cc1cc(F)cc(F)c1. The molecule has 1 aliphatic rings. The number of likely N-dealkylation sites (N-methyl/N-ethyl adjacent to an activating group) is 1. The third-order valence-electron chi connectivity index (χ3n) is 5.24. The summed E-state index contributed by atoms with van der Waals surface area (Å²) in [6, 6.07) is 24.0. The molecule has 1 aliphatic heterocycles. The van der Waals surface area contributed by atoms with Gasteiger partial charge >= 0.3 is 0 Å². The molecule has 0 aromatic heterocycles. The molecule has 3 unspecified atom stereocenters. The Morgan fingerprint density at radius 2 is 1.52 bits per heavy atom. The van der Waals surface area contributed by atoms with Crippen molar-refractivity contribution in [3.8, 4) is 0 Å². The van der Waals surface area contributed by atoms with Crippen molar-refractivity contribution in [3.05, 3.63) is 102 Å². The molecule has 0 spiro atoms. The molecule has 3 atom stereocenters. The standard InChI is InChI=1S/C24H23F2NOS/c1-27-22(14-17-12-19(25)15-20(26)13-17)23(16-29-21-10-6-3-7-11-21)28-24(27)18-8-4-2-5-9-18/h2-13,15,22-24H,14,16H2,1H3. The van der Waals surface area contributed by atoms with Crippen LogP contribution in [0.2, 0.25) is 0 Å². The fourth-order valence-electron chi connectivity index (χ4n) is 3.81. The van der Waals surface area contributed by atoms with Crippen molar-refractivity contribution in [3.63, 3.8) is 0 Å². The lowest BCUT2D eigenvalue weighted by molar-refractivity contribution is 0.0147. The number of ether oxygens (including phenoxy) is 1. The van der Waals surface area contributed by atoms with Gasteiger partial charge in [0.2, 0.25) is 0 Å². The van der Waals surface area contributed by atoms with Gasteiger partial charge in [0, 0.05) is 22.8 Å². The summed E-state index contributed by atoms with van der Waals surface area (Å²) in [5.41, 5.74) is 1.73. The first-order valence-electron chi connectivity index (χ1n) is 9.65. The number of hydrogen-bond donors (Lipinski definition) is 0. The van der Waals surface area contributed by atoms with Crippen molar-refractivity contribution in [2.75, 3.05) is 12.8 Å². The molecule has 0 amide bonds. The molecular formula is C24H23F2NOS. The lowest BCUT2D eigenvalue weighted by Gasteiger charge is -2.25. The van der Waals surface area contributed by atoms with Gasteiger partial charge in [-0.2, -0.15) is 0 Å². The van der Waals surface area contributed by atoms with Gasteiger partial charge in [-0.05, 0) is 48.9 Å². The van der Waals surface area contributed by atoms with Crippen LogP contribution in [-0.4, -0.2) is 29.8 Å². The molecule has 0 radical (unpaired) electrons. The lowest BCUT2D eigenvalue weighted by atomic mass is 10.0. The maximum atomic E-state index is 13.7. The summed E-state index contributed by atoms with van der Waals surface area (Å²) in [5, 5.41) is 0. The maximum Gasteiger partial charge on any atom is 0.137 e. The van der Waals surface area contributed by atoms with Crippen LogP contribution in [0.1, 0.15) is 17.4 Å². The predicted octanol–water partition coefficient (Wildman–Crippen LogP) is 5.70. The number of halogens is 2. The zero-order valence-electron chi connectivity index (χ0n) is 16.2. The Morgan fingerprint density at radius 3 is 2.17 bits per heavy atom. The summed E-state index contributed by atoms with van der Waals surface area (Å²) in [4.78, 5) is 3.35. The Bertz CT molecular complexity index is 918. The number of thioether (sulfide) groups is 1. The summed E-state index contributed by atoms with van der Waals surface area (Å²) in [5.74, 6) is -0.326. The van der Waals surface area contributed by atoms with Crippen LogP contribution in [0.3, 0.4) is 0 Å². The van der Waals surface area contributed by atoms with E-state index < -0.39 is 11.6 Å². The number of nitrogens with zero attached hydrogens (tertiary/aromatic N) is 1. The van der Waals surface area contributed by atoms with Gasteiger partial charge in [-0.3, -0.25) is 4.90 Å². The molecule has 1 fully saturated rings. The monoisotopic (exact) mass is 411 g/mol. The van der Waals surface area contributed by atoms with Crippen LogP contribution in [-0.2, 0) is 11.2 Å². The third-order valence-corrected chi connectivity index (χ3v) is 6.34. The smallest absolute Gasteiger partial charge is 0.137 e. The van der Waals surface area contributed by atoms with Crippen molar-refractivity contribution < 1.29 is 13.5 Å². The van der Waals surface area contributed by atoms with Crippen LogP contribution in [0.15, 0.2) is 83.8 Å². The highest BCUT2D eigenvalue weighted by Crippen LogP contribution is 2.37. The topological polar surface area (TPSA) is 12.5 Å². The molecule has 4 rings (SSSR count). The fraction of sp³-hybridized carbons (Fsp3) is 0.250. The quantitative estimate of drug-likeness (QED) is 0.483. The van der Waals surface area contributed by atoms with Gasteiger partial charge in [0.1, 0.15) is 17.9 Å². The van der Waals surface area contributed by atoms with Crippen molar-refractivity contribution in [1.29, 1.82) is 0 Å². The fourth-order valence-corrected chi connectivity index (χ4v) is 4.82. The molecule has 0 bridgehead atoms. The molecule has 150 valence electrons. The Labute approximate surface area is 174 Å². The zero-order valence-corrected chi connectivity index (χ0v) is 17.0. The van der Waals surface area contributed by atoms with Gasteiger partial charge in [-0.25, -0.2) is 8.78 Å². The molecule has 3 aromatic carbocycles. The molecule has 0 saturated carbocycles.